The molecular weight excluding hydrogens is 396 g/mol. The van der Waals surface area contributed by atoms with Crippen molar-refractivity contribution in [3.8, 4) is 0 Å². The van der Waals surface area contributed by atoms with Crippen molar-refractivity contribution in [2.24, 2.45) is 10.8 Å². The molecule has 6 heteroatoms. The smallest absolute Gasteiger partial charge is 0.305 e. The zero-order chi connectivity index (χ0) is 23.9. The van der Waals surface area contributed by atoms with E-state index in [2.05, 4.69) is 37.2 Å². The lowest BCUT2D eigenvalue weighted by Crippen LogP contribution is -2.15. The minimum Gasteiger partial charge on any atom is -0.469 e. The number of methoxy groups -OCH3 is 2. The van der Waals surface area contributed by atoms with Gasteiger partial charge in [0.15, 0.2) is 0 Å². The number of ether oxygens (including phenoxy) is 2. The molecule has 0 radical (unpaired) electrons. The van der Waals surface area contributed by atoms with Crippen molar-refractivity contribution in [2.45, 2.75) is 111 Å². The molecule has 6 nitrogen and oxygen atoms in total. The molecule has 31 heavy (non-hydrogen) atoms. The molecule has 0 spiro atoms. The number of carbonyl (C=O) groups is 4. The van der Waals surface area contributed by atoms with Crippen molar-refractivity contribution in [2.75, 3.05) is 14.2 Å². The first kappa shape index (κ1) is 29.3. The SMILES string of the molecule is COC(=O)CCC(C)(C)CCCC(=O)CCCC(=O)CCCC(C)(C)CCC(=O)OC. The number of rotatable bonds is 18. The number of hydrogen-bond acceptors (Lipinski definition) is 6. The van der Waals surface area contributed by atoms with Crippen molar-refractivity contribution < 1.29 is 28.7 Å². The summed E-state index contributed by atoms with van der Waals surface area (Å²) in [5, 5.41) is 0. The lowest BCUT2D eigenvalue weighted by molar-refractivity contribution is -0.142. The highest BCUT2D eigenvalue weighted by Crippen LogP contribution is 2.30. The highest BCUT2D eigenvalue weighted by molar-refractivity contribution is 5.81. The molecule has 0 aromatic carbocycles. The summed E-state index contributed by atoms with van der Waals surface area (Å²) in [5.41, 5.74) is 0.0180. The molecule has 0 saturated carbocycles. The number of ketones is 2. The number of esters is 2. The van der Waals surface area contributed by atoms with E-state index in [1.165, 1.54) is 14.2 Å². The van der Waals surface area contributed by atoms with Crippen molar-refractivity contribution in [3.05, 3.63) is 0 Å². The summed E-state index contributed by atoms with van der Waals surface area (Å²) in [5.74, 6) is 0.0261. The second-order valence-corrected chi connectivity index (χ2v) is 10.1. The molecule has 0 aliphatic carbocycles. The van der Waals surface area contributed by atoms with E-state index < -0.39 is 0 Å². The third kappa shape index (κ3) is 16.6. The zero-order valence-corrected chi connectivity index (χ0v) is 20.6. The van der Waals surface area contributed by atoms with Crippen LogP contribution in [0.15, 0.2) is 0 Å². The van der Waals surface area contributed by atoms with Gasteiger partial charge in [-0.2, -0.15) is 0 Å². The fraction of sp³-hybridized carbons (Fsp3) is 0.840. The molecule has 0 unspecified atom stereocenters. The van der Waals surface area contributed by atoms with Crippen LogP contribution >= 0.6 is 0 Å². The third-order valence-electron chi connectivity index (χ3n) is 6.00. The highest BCUT2D eigenvalue weighted by atomic mass is 16.5. The summed E-state index contributed by atoms with van der Waals surface area (Å²) in [6.07, 6.45) is 8.30. The van der Waals surface area contributed by atoms with Gasteiger partial charge in [0.2, 0.25) is 0 Å². The van der Waals surface area contributed by atoms with Crippen LogP contribution in [0.2, 0.25) is 0 Å². The van der Waals surface area contributed by atoms with E-state index in [9.17, 15) is 19.2 Å². The third-order valence-corrected chi connectivity index (χ3v) is 6.00. The van der Waals surface area contributed by atoms with Gasteiger partial charge in [-0.25, -0.2) is 0 Å². The lowest BCUT2D eigenvalue weighted by atomic mass is 9.82. The molecule has 0 aromatic rings. The predicted molar refractivity (Wildman–Crippen MR) is 122 cm³/mol. The Labute approximate surface area is 188 Å². The van der Waals surface area contributed by atoms with Crippen molar-refractivity contribution in [1.82, 2.24) is 0 Å². The average Bonchev–Trinajstić information content (AvgIpc) is 2.70. The van der Waals surface area contributed by atoms with Crippen molar-refractivity contribution in [3.63, 3.8) is 0 Å². The molecule has 0 atom stereocenters. The Kier molecular flexibility index (Phi) is 14.3. The molecule has 0 aromatic heterocycles. The Morgan fingerprint density at radius 3 is 1.16 bits per heavy atom. The molecule has 0 aliphatic rings. The first-order valence-electron chi connectivity index (χ1n) is 11.6. The molecule has 0 amide bonds. The molecular formula is C25H44O6. The zero-order valence-electron chi connectivity index (χ0n) is 20.6. The maximum absolute atomic E-state index is 12.1. The van der Waals surface area contributed by atoms with E-state index in [-0.39, 0.29) is 34.3 Å². The number of hydrogen-bond donors (Lipinski definition) is 0. The van der Waals surface area contributed by atoms with E-state index in [1.54, 1.807) is 0 Å². The van der Waals surface area contributed by atoms with Gasteiger partial charge in [0.25, 0.3) is 0 Å². The maximum atomic E-state index is 12.1. The topological polar surface area (TPSA) is 86.7 Å². The maximum Gasteiger partial charge on any atom is 0.305 e. The second-order valence-electron chi connectivity index (χ2n) is 10.1. The van der Waals surface area contributed by atoms with Crippen LogP contribution in [0.1, 0.15) is 111 Å². The van der Waals surface area contributed by atoms with Gasteiger partial charge in [0.1, 0.15) is 11.6 Å². The fourth-order valence-electron chi connectivity index (χ4n) is 3.60. The number of Topliss-reactive ketones (excluding diaryl/α,β-unsaturated/α-hetero) is 2. The van der Waals surface area contributed by atoms with Crippen LogP contribution in [0.4, 0.5) is 0 Å². The Balaban J connectivity index is 3.90. The summed E-state index contributed by atoms with van der Waals surface area (Å²) in [4.78, 5) is 46.7. The van der Waals surface area contributed by atoms with Crippen LogP contribution in [0.3, 0.4) is 0 Å². The Morgan fingerprint density at radius 1 is 0.516 bits per heavy atom. The molecule has 0 heterocycles. The van der Waals surface area contributed by atoms with Gasteiger partial charge < -0.3 is 9.47 Å². The summed E-state index contributed by atoms with van der Waals surface area (Å²) < 4.78 is 9.36. The van der Waals surface area contributed by atoms with Crippen LogP contribution < -0.4 is 0 Å². The van der Waals surface area contributed by atoms with Crippen LogP contribution in [-0.4, -0.2) is 37.7 Å². The molecule has 180 valence electrons. The van der Waals surface area contributed by atoms with E-state index >= 15 is 0 Å². The van der Waals surface area contributed by atoms with Gasteiger partial charge in [0, 0.05) is 38.5 Å². The van der Waals surface area contributed by atoms with Gasteiger partial charge in [-0.15, -0.1) is 0 Å². The normalized spacial score (nSPS) is 11.8. The summed E-state index contributed by atoms with van der Waals surface area (Å²) >= 11 is 0. The van der Waals surface area contributed by atoms with Crippen LogP contribution in [0.25, 0.3) is 0 Å². The Bertz CT molecular complexity index is 527. The predicted octanol–water partition coefficient (Wildman–Crippen LogP) is 5.59. The van der Waals surface area contributed by atoms with Gasteiger partial charge in [-0.1, -0.05) is 27.7 Å². The van der Waals surface area contributed by atoms with Crippen LogP contribution in [0.5, 0.6) is 0 Å². The minimum absolute atomic E-state index is 0.00899. The van der Waals surface area contributed by atoms with Gasteiger partial charge >= 0.3 is 11.9 Å². The molecule has 0 N–H and O–H groups in total. The van der Waals surface area contributed by atoms with Gasteiger partial charge in [-0.3, -0.25) is 19.2 Å². The van der Waals surface area contributed by atoms with Crippen LogP contribution in [0, 0.1) is 10.8 Å². The number of carbonyl (C=O) groups excluding carboxylic acids is 4. The van der Waals surface area contributed by atoms with E-state index in [1.807, 2.05) is 0 Å². The monoisotopic (exact) mass is 440 g/mol. The Morgan fingerprint density at radius 2 is 0.839 bits per heavy atom. The quantitative estimate of drug-likeness (QED) is 0.258. The first-order valence-corrected chi connectivity index (χ1v) is 11.6. The van der Waals surface area contributed by atoms with E-state index in [4.69, 9.17) is 0 Å². The van der Waals surface area contributed by atoms with E-state index in [0.717, 1.165) is 38.5 Å². The average molecular weight is 441 g/mol. The second kappa shape index (κ2) is 15.1. The van der Waals surface area contributed by atoms with Gasteiger partial charge in [-0.05, 0) is 55.8 Å². The van der Waals surface area contributed by atoms with Crippen LogP contribution in [-0.2, 0) is 28.7 Å². The van der Waals surface area contributed by atoms with Crippen molar-refractivity contribution in [1.29, 1.82) is 0 Å². The van der Waals surface area contributed by atoms with Crippen molar-refractivity contribution >= 4 is 23.5 Å². The molecule has 0 bridgehead atoms. The fourth-order valence-corrected chi connectivity index (χ4v) is 3.60. The largest absolute Gasteiger partial charge is 0.469 e. The Hall–Kier alpha value is -1.72. The summed E-state index contributed by atoms with van der Waals surface area (Å²) in [6, 6.07) is 0. The lowest BCUT2D eigenvalue weighted by Gasteiger charge is -2.23. The summed E-state index contributed by atoms with van der Waals surface area (Å²) in [6.45, 7) is 8.43. The molecule has 0 saturated heterocycles. The van der Waals surface area contributed by atoms with Gasteiger partial charge in [0.05, 0.1) is 14.2 Å². The minimum atomic E-state index is -0.196. The molecule has 0 rings (SSSR count). The first-order chi connectivity index (χ1) is 14.4. The molecule has 0 aliphatic heterocycles. The standard InChI is InChI=1S/C25H44O6/c1-24(2,18-14-22(28)30-5)16-8-12-20(26)10-7-11-21(27)13-9-17-25(3,4)19-15-23(29)31-6/h7-19H2,1-6H3. The van der Waals surface area contributed by atoms with E-state index in [0.29, 0.717) is 44.9 Å². The molecule has 0 fully saturated rings. The highest BCUT2D eigenvalue weighted by Gasteiger charge is 2.21. The summed E-state index contributed by atoms with van der Waals surface area (Å²) in [7, 11) is 2.79.